The van der Waals surface area contributed by atoms with E-state index < -0.39 is 28.9 Å². The third-order valence-corrected chi connectivity index (χ3v) is 4.87. The molecule has 140 valence electrons. The highest BCUT2D eigenvalue weighted by Gasteiger charge is 2.42. The lowest BCUT2D eigenvalue weighted by molar-refractivity contribution is -0.138. The average molecular weight is 377 g/mol. The number of Topliss-reactive ketones (excluding diaryl/α,β-unsaturated/α-hetero) is 1. The van der Waals surface area contributed by atoms with Crippen molar-refractivity contribution in [3.8, 4) is 0 Å². The number of H-pyrrole nitrogens is 2. The van der Waals surface area contributed by atoms with E-state index in [1.807, 2.05) is 4.98 Å². The fraction of sp³-hybridized carbons (Fsp3) is 0.278. The van der Waals surface area contributed by atoms with E-state index in [1.54, 1.807) is 0 Å². The minimum atomic E-state index is -4.66. The second-order valence-electron chi connectivity index (χ2n) is 6.51. The molecule has 1 aliphatic carbocycles. The molecule has 2 aliphatic rings. The van der Waals surface area contributed by atoms with Gasteiger partial charge >= 0.3 is 11.9 Å². The van der Waals surface area contributed by atoms with Gasteiger partial charge in [0.15, 0.2) is 5.78 Å². The molecule has 1 aliphatic heterocycles. The summed E-state index contributed by atoms with van der Waals surface area (Å²) >= 11 is 0. The number of alkyl halides is 3. The average Bonchev–Trinajstić information content (AvgIpc) is 2.59. The van der Waals surface area contributed by atoms with Crippen LogP contribution in [0.15, 0.2) is 45.1 Å². The second-order valence-corrected chi connectivity index (χ2v) is 6.51. The molecule has 0 fully saturated rings. The van der Waals surface area contributed by atoms with Crippen LogP contribution in [0.5, 0.6) is 0 Å². The number of nitrogens with one attached hydrogen (secondary N) is 3. The van der Waals surface area contributed by atoms with Crippen molar-refractivity contribution < 1.29 is 18.0 Å². The highest BCUT2D eigenvalue weighted by Crippen LogP contribution is 2.46. The number of aromatic nitrogens is 2. The number of hydrogen-bond donors (Lipinski definition) is 3. The van der Waals surface area contributed by atoms with Gasteiger partial charge in [0.2, 0.25) is 0 Å². The highest BCUT2D eigenvalue weighted by atomic mass is 19.4. The van der Waals surface area contributed by atoms with Crippen LogP contribution < -0.4 is 16.6 Å². The Labute approximate surface area is 150 Å². The van der Waals surface area contributed by atoms with Crippen LogP contribution in [0.4, 0.5) is 19.0 Å². The molecule has 0 saturated heterocycles. The molecule has 1 aromatic carbocycles. The summed E-state index contributed by atoms with van der Waals surface area (Å²) in [5.41, 5.74) is -2.20. The highest BCUT2D eigenvalue weighted by molar-refractivity contribution is 6.01. The number of halogens is 3. The van der Waals surface area contributed by atoms with Gasteiger partial charge in [-0.1, -0.05) is 18.2 Å². The predicted octanol–water partition coefficient (Wildman–Crippen LogP) is 2.65. The van der Waals surface area contributed by atoms with Gasteiger partial charge in [-0.15, -0.1) is 0 Å². The first kappa shape index (κ1) is 17.3. The molecule has 0 saturated carbocycles. The van der Waals surface area contributed by atoms with Crippen molar-refractivity contribution in [2.24, 2.45) is 0 Å². The maximum Gasteiger partial charge on any atom is 0.416 e. The van der Waals surface area contributed by atoms with Crippen molar-refractivity contribution in [3.05, 3.63) is 73.1 Å². The van der Waals surface area contributed by atoms with E-state index in [-0.39, 0.29) is 34.7 Å². The molecule has 27 heavy (non-hydrogen) atoms. The number of ketones is 1. The largest absolute Gasteiger partial charge is 0.416 e. The molecule has 0 spiro atoms. The van der Waals surface area contributed by atoms with Crippen LogP contribution in [0.25, 0.3) is 0 Å². The van der Waals surface area contributed by atoms with Crippen LogP contribution in [0.2, 0.25) is 0 Å². The Morgan fingerprint density at radius 2 is 1.74 bits per heavy atom. The lowest BCUT2D eigenvalue weighted by Crippen LogP contribution is -2.36. The van der Waals surface area contributed by atoms with Crippen LogP contribution >= 0.6 is 0 Å². The Bertz CT molecular complexity index is 1100. The quantitative estimate of drug-likeness (QED) is 0.712. The summed E-state index contributed by atoms with van der Waals surface area (Å²) in [7, 11) is 0. The Balaban J connectivity index is 2.07. The zero-order valence-electron chi connectivity index (χ0n) is 13.9. The first-order valence-electron chi connectivity index (χ1n) is 8.33. The Kier molecular flexibility index (Phi) is 3.83. The van der Waals surface area contributed by atoms with E-state index in [9.17, 15) is 27.6 Å². The van der Waals surface area contributed by atoms with E-state index in [4.69, 9.17) is 0 Å². The van der Waals surface area contributed by atoms with Crippen LogP contribution in [0, 0.1) is 0 Å². The van der Waals surface area contributed by atoms with Crippen LogP contribution in [-0.2, 0) is 11.0 Å². The number of carbonyl (C=O) groups excluding carboxylic acids is 1. The van der Waals surface area contributed by atoms with E-state index in [0.29, 0.717) is 18.5 Å². The SMILES string of the molecule is O=C1CCCC2=C1[C@@H](c1ccccc1C(F)(F)F)c1c([nH]c(=O)[nH]c1=O)N2. The minimum Gasteiger partial charge on any atom is -0.344 e. The fourth-order valence-electron chi connectivity index (χ4n) is 3.81. The second kappa shape index (κ2) is 5.97. The lowest BCUT2D eigenvalue weighted by Gasteiger charge is -2.33. The van der Waals surface area contributed by atoms with Crippen molar-refractivity contribution in [3.63, 3.8) is 0 Å². The van der Waals surface area contributed by atoms with Gasteiger partial charge in [-0.25, -0.2) is 4.79 Å². The summed E-state index contributed by atoms with van der Waals surface area (Å²) in [6, 6.07) is 4.87. The maximum atomic E-state index is 13.6. The van der Waals surface area contributed by atoms with E-state index in [2.05, 4.69) is 10.3 Å². The number of rotatable bonds is 1. The molecule has 9 heteroatoms. The molecule has 0 unspecified atom stereocenters. The molecule has 6 nitrogen and oxygen atoms in total. The van der Waals surface area contributed by atoms with Gasteiger partial charge in [0.05, 0.1) is 11.1 Å². The van der Waals surface area contributed by atoms with E-state index in [1.165, 1.54) is 18.2 Å². The van der Waals surface area contributed by atoms with Crippen LogP contribution in [0.3, 0.4) is 0 Å². The molecule has 0 amide bonds. The van der Waals surface area contributed by atoms with Crippen LogP contribution in [0.1, 0.15) is 41.9 Å². The Hall–Kier alpha value is -3.10. The molecule has 4 rings (SSSR count). The monoisotopic (exact) mass is 377 g/mol. The third kappa shape index (κ3) is 2.79. The van der Waals surface area contributed by atoms with Crippen molar-refractivity contribution >= 4 is 11.6 Å². The molecule has 0 bridgehead atoms. The van der Waals surface area contributed by atoms with Gasteiger partial charge in [0, 0.05) is 23.6 Å². The molecule has 1 aromatic heterocycles. The van der Waals surface area contributed by atoms with Crippen molar-refractivity contribution in [1.82, 2.24) is 9.97 Å². The van der Waals surface area contributed by atoms with Gasteiger partial charge in [0.1, 0.15) is 5.82 Å². The van der Waals surface area contributed by atoms with E-state index in [0.717, 1.165) is 6.07 Å². The molecule has 0 radical (unpaired) electrons. The van der Waals surface area contributed by atoms with Crippen molar-refractivity contribution in [1.29, 1.82) is 0 Å². The number of anilines is 1. The van der Waals surface area contributed by atoms with Crippen molar-refractivity contribution in [2.45, 2.75) is 31.4 Å². The van der Waals surface area contributed by atoms with Gasteiger partial charge in [-0.05, 0) is 24.5 Å². The minimum absolute atomic E-state index is 0.0270. The molecule has 2 aromatic rings. The van der Waals surface area contributed by atoms with Gasteiger partial charge < -0.3 is 5.32 Å². The summed E-state index contributed by atoms with van der Waals surface area (Å²) in [6.45, 7) is 0. The molecule has 2 heterocycles. The zero-order chi connectivity index (χ0) is 19.3. The lowest BCUT2D eigenvalue weighted by atomic mass is 9.75. The molecular weight excluding hydrogens is 363 g/mol. The third-order valence-electron chi connectivity index (χ3n) is 4.87. The molecular formula is C18H14F3N3O3. The smallest absolute Gasteiger partial charge is 0.344 e. The summed E-state index contributed by atoms with van der Waals surface area (Å²) in [6.07, 6.45) is -3.47. The van der Waals surface area contributed by atoms with Gasteiger partial charge in [-0.2, -0.15) is 13.2 Å². The van der Waals surface area contributed by atoms with E-state index >= 15 is 0 Å². The number of benzene rings is 1. The molecule has 1 atom stereocenters. The first-order chi connectivity index (χ1) is 12.8. The predicted molar refractivity (Wildman–Crippen MR) is 90.5 cm³/mol. The molecule has 3 N–H and O–H groups in total. The summed E-state index contributed by atoms with van der Waals surface area (Å²) in [5, 5.41) is 2.87. The number of allylic oxidation sites excluding steroid dienone is 2. The van der Waals surface area contributed by atoms with Gasteiger partial charge in [-0.3, -0.25) is 19.6 Å². The number of hydrogen-bond acceptors (Lipinski definition) is 4. The Morgan fingerprint density at radius 3 is 2.48 bits per heavy atom. The summed E-state index contributed by atoms with van der Waals surface area (Å²) in [5.74, 6) is -1.48. The van der Waals surface area contributed by atoms with Crippen LogP contribution in [-0.4, -0.2) is 15.8 Å². The number of fused-ring (bicyclic) bond motifs is 1. The first-order valence-corrected chi connectivity index (χ1v) is 8.33. The normalized spacial score (nSPS) is 19.4. The van der Waals surface area contributed by atoms with Gasteiger partial charge in [0.25, 0.3) is 5.56 Å². The summed E-state index contributed by atoms with van der Waals surface area (Å²) < 4.78 is 40.8. The van der Waals surface area contributed by atoms with Crippen molar-refractivity contribution in [2.75, 3.05) is 5.32 Å². The topological polar surface area (TPSA) is 94.8 Å². The Morgan fingerprint density at radius 1 is 1.00 bits per heavy atom. The maximum absolute atomic E-state index is 13.6. The fourth-order valence-corrected chi connectivity index (χ4v) is 3.81. The number of carbonyl (C=O) groups is 1. The summed E-state index contributed by atoms with van der Waals surface area (Å²) in [4.78, 5) is 41.2. The zero-order valence-corrected chi connectivity index (χ0v) is 13.9. The standard InChI is InChI=1S/C18H14F3N3O3/c19-18(20,21)9-5-2-1-4-8(9)12-13-10(6-3-7-11(13)25)22-15-14(12)16(26)24-17(27)23-15/h1-2,4-5,12H,3,6-7H2,(H3,22,23,24,26,27)/t12-/m1/s1. The number of aromatic amines is 2.